The summed E-state index contributed by atoms with van der Waals surface area (Å²) < 4.78 is 1.81. The lowest BCUT2D eigenvalue weighted by molar-refractivity contribution is 0.279. The minimum atomic E-state index is 0.958. The van der Waals surface area contributed by atoms with Gasteiger partial charge in [0.05, 0.1) is 5.69 Å². The molecule has 6 heteroatoms. The summed E-state index contributed by atoms with van der Waals surface area (Å²) in [6, 6.07) is 6.55. The lowest BCUT2D eigenvalue weighted by Crippen LogP contribution is -2.26. The molecule has 0 amide bonds. The average molecular weight is 320 g/mol. The Labute approximate surface area is 141 Å². The Kier molecular flexibility index (Phi) is 4.04. The number of nitrogens with zero attached hydrogens (tertiary/aromatic N) is 6. The fraction of sp³-hybridized carbons (Fsp3) is 0.333. The standard InChI is InChI=1S/C18H20N6/c1-14-8-15(2-3-18(14)24-13-20-12-22-24)10-23-6-4-16-9-19-11-21-17(16)5-7-23/h2-3,8-9,11-13H,4-7,10H2,1H3. The van der Waals surface area contributed by atoms with Crippen molar-refractivity contribution in [2.75, 3.05) is 13.1 Å². The molecule has 122 valence electrons. The highest BCUT2D eigenvalue weighted by Gasteiger charge is 2.15. The topological polar surface area (TPSA) is 59.7 Å². The Morgan fingerprint density at radius 2 is 2.00 bits per heavy atom. The van der Waals surface area contributed by atoms with Crippen molar-refractivity contribution in [1.29, 1.82) is 0 Å². The van der Waals surface area contributed by atoms with Crippen LogP contribution in [0.25, 0.3) is 5.69 Å². The Bertz CT molecular complexity index is 800. The van der Waals surface area contributed by atoms with Gasteiger partial charge in [0.2, 0.25) is 0 Å². The molecule has 0 N–H and O–H groups in total. The number of hydrogen-bond donors (Lipinski definition) is 0. The first-order valence-corrected chi connectivity index (χ1v) is 8.24. The summed E-state index contributed by atoms with van der Waals surface area (Å²) in [4.78, 5) is 15.1. The number of fused-ring (bicyclic) bond motifs is 1. The molecule has 0 atom stereocenters. The van der Waals surface area contributed by atoms with Gasteiger partial charge in [0, 0.05) is 37.9 Å². The van der Waals surface area contributed by atoms with Crippen molar-refractivity contribution in [3.8, 4) is 5.69 Å². The third-order valence-electron chi connectivity index (χ3n) is 4.58. The van der Waals surface area contributed by atoms with E-state index in [9.17, 15) is 0 Å². The van der Waals surface area contributed by atoms with Crippen LogP contribution >= 0.6 is 0 Å². The van der Waals surface area contributed by atoms with Gasteiger partial charge in [-0.1, -0.05) is 12.1 Å². The van der Waals surface area contributed by atoms with E-state index in [2.05, 4.69) is 50.1 Å². The van der Waals surface area contributed by atoms with Gasteiger partial charge in [-0.15, -0.1) is 0 Å². The van der Waals surface area contributed by atoms with Crippen molar-refractivity contribution in [2.24, 2.45) is 0 Å². The van der Waals surface area contributed by atoms with E-state index < -0.39 is 0 Å². The SMILES string of the molecule is Cc1cc(CN2CCc3cncnc3CC2)ccc1-n1cncn1. The van der Waals surface area contributed by atoms with Crippen molar-refractivity contribution >= 4 is 0 Å². The number of hydrogen-bond acceptors (Lipinski definition) is 5. The zero-order chi connectivity index (χ0) is 16.4. The van der Waals surface area contributed by atoms with Crippen molar-refractivity contribution in [1.82, 2.24) is 29.6 Å². The Balaban J connectivity index is 1.47. The predicted octanol–water partition coefficient (Wildman–Crippen LogP) is 1.97. The smallest absolute Gasteiger partial charge is 0.138 e. The van der Waals surface area contributed by atoms with Gasteiger partial charge in [0.15, 0.2) is 0 Å². The van der Waals surface area contributed by atoms with E-state index in [0.29, 0.717) is 0 Å². The summed E-state index contributed by atoms with van der Waals surface area (Å²) >= 11 is 0. The Morgan fingerprint density at radius 1 is 1.08 bits per heavy atom. The van der Waals surface area contributed by atoms with Crippen LogP contribution in [0.15, 0.2) is 43.4 Å². The maximum absolute atomic E-state index is 4.42. The normalized spacial score (nSPS) is 15.0. The van der Waals surface area contributed by atoms with Crippen molar-refractivity contribution in [2.45, 2.75) is 26.3 Å². The minimum Gasteiger partial charge on any atom is -0.298 e. The highest BCUT2D eigenvalue weighted by molar-refractivity contribution is 5.41. The molecule has 1 aliphatic rings. The van der Waals surface area contributed by atoms with E-state index in [0.717, 1.165) is 38.2 Å². The largest absolute Gasteiger partial charge is 0.298 e. The summed E-state index contributed by atoms with van der Waals surface area (Å²) in [7, 11) is 0. The fourth-order valence-electron chi connectivity index (χ4n) is 3.29. The van der Waals surface area contributed by atoms with E-state index in [-0.39, 0.29) is 0 Å². The Morgan fingerprint density at radius 3 is 2.83 bits per heavy atom. The highest BCUT2D eigenvalue weighted by Crippen LogP contribution is 2.18. The first kappa shape index (κ1) is 15.0. The second-order valence-electron chi connectivity index (χ2n) is 6.23. The molecule has 0 bridgehead atoms. The molecule has 3 aromatic rings. The van der Waals surface area contributed by atoms with Crippen molar-refractivity contribution < 1.29 is 0 Å². The summed E-state index contributed by atoms with van der Waals surface area (Å²) in [5.41, 5.74) is 6.10. The van der Waals surface area contributed by atoms with Crippen LogP contribution in [0, 0.1) is 6.92 Å². The molecule has 24 heavy (non-hydrogen) atoms. The van der Waals surface area contributed by atoms with Gasteiger partial charge in [-0.25, -0.2) is 19.6 Å². The molecular formula is C18H20N6. The monoisotopic (exact) mass is 320 g/mol. The molecule has 0 fully saturated rings. The molecule has 0 aliphatic carbocycles. The molecule has 0 radical (unpaired) electrons. The van der Waals surface area contributed by atoms with Gasteiger partial charge >= 0.3 is 0 Å². The summed E-state index contributed by atoms with van der Waals surface area (Å²) in [5, 5.41) is 4.21. The van der Waals surface area contributed by atoms with E-state index in [1.165, 1.54) is 22.4 Å². The van der Waals surface area contributed by atoms with Crippen LogP contribution in [0.1, 0.15) is 22.4 Å². The first-order valence-electron chi connectivity index (χ1n) is 8.24. The number of aromatic nitrogens is 5. The van der Waals surface area contributed by atoms with E-state index >= 15 is 0 Å². The second-order valence-corrected chi connectivity index (χ2v) is 6.23. The molecule has 0 saturated carbocycles. The Hall–Kier alpha value is -2.60. The molecular weight excluding hydrogens is 300 g/mol. The van der Waals surface area contributed by atoms with Crippen LogP contribution in [-0.2, 0) is 19.4 Å². The maximum atomic E-state index is 4.42. The van der Waals surface area contributed by atoms with Crippen molar-refractivity contribution in [3.63, 3.8) is 0 Å². The number of rotatable bonds is 3. The third-order valence-corrected chi connectivity index (χ3v) is 4.58. The number of aryl methyl sites for hydroxylation is 1. The minimum absolute atomic E-state index is 0.958. The maximum Gasteiger partial charge on any atom is 0.138 e. The molecule has 2 aromatic heterocycles. The molecule has 0 unspecified atom stereocenters. The molecule has 4 rings (SSSR count). The summed E-state index contributed by atoms with van der Waals surface area (Å²) in [6.45, 7) is 5.16. The van der Waals surface area contributed by atoms with Gasteiger partial charge in [-0.05, 0) is 36.1 Å². The number of benzene rings is 1. The van der Waals surface area contributed by atoms with E-state index in [1.54, 1.807) is 23.7 Å². The van der Waals surface area contributed by atoms with Crippen LogP contribution in [-0.4, -0.2) is 42.7 Å². The fourth-order valence-corrected chi connectivity index (χ4v) is 3.29. The lowest BCUT2D eigenvalue weighted by atomic mass is 10.1. The predicted molar refractivity (Wildman–Crippen MR) is 90.8 cm³/mol. The molecule has 6 nitrogen and oxygen atoms in total. The van der Waals surface area contributed by atoms with Gasteiger partial charge < -0.3 is 0 Å². The quantitative estimate of drug-likeness (QED) is 0.738. The molecule has 1 aliphatic heterocycles. The average Bonchev–Trinajstić information content (AvgIpc) is 3.05. The second kappa shape index (κ2) is 6.49. The molecule has 3 heterocycles. The van der Waals surface area contributed by atoms with Crippen molar-refractivity contribution in [3.05, 3.63) is 65.8 Å². The lowest BCUT2D eigenvalue weighted by Gasteiger charge is -2.20. The van der Waals surface area contributed by atoms with E-state index in [4.69, 9.17) is 0 Å². The van der Waals surface area contributed by atoms with Gasteiger partial charge in [0.25, 0.3) is 0 Å². The zero-order valence-corrected chi connectivity index (χ0v) is 13.8. The van der Waals surface area contributed by atoms with Crippen LogP contribution in [0.3, 0.4) is 0 Å². The summed E-state index contributed by atoms with van der Waals surface area (Å²) in [6.07, 6.45) is 8.92. The molecule has 0 spiro atoms. The first-order chi connectivity index (χ1) is 11.8. The molecule has 0 saturated heterocycles. The van der Waals surface area contributed by atoms with Crippen LogP contribution in [0.5, 0.6) is 0 Å². The molecule has 1 aromatic carbocycles. The third kappa shape index (κ3) is 3.05. The van der Waals surface area contributed by atoms with Crippen LogP contribution < -0.4 is 0 Å². The summed E-state index contributed by atoms with van der Waals surface area (Å²) in [5.74, 6) is 0. The van der Waals surface area contributed by atoms with Gasteiger partial charge in [0.1, 0.15) is 19.0 Å². The van der Waals surface area contributed by atoms with Gasteiger partial charge in [-0.3, -0.25) is 4.90 Å². The zero-order valence-electron chi connectivity index (χ0n) is 13.8. The highest BCUT2D eigenvalue weighted by atomic mass is 15.3. The van der Waals surface area contributed by atoms with Crippen LogP contribution in [0.2, 0.25) is 0 Å². The van der Waals surface area contributed by atoms with Gasteiger partial charge in [-0.2, -0.15) is 5.10 Å². The van der Waals surface area contributed by atoms with E-state index in [1.807, 2.05) is 6.20 Å². The van der Waals surface area contributed by atoms with Crippen LogP contribution in [0.4, 0.5) is 0 Å².